The molecule has 0 spiro atoms. The third kappa shape index (κ3) is 2.14. The van der Waals surface area contributed by atoms with E-state index in [0.29, 0.717) is 5.92 Å². The van der Waals surface area contributed by atoms with Crippen LogP contribution in [0.2, 0.25) is 0 Å². The highest BCUT2D eigenvalue weighted by molar-refractivity contribution is 5.85. The molecule has 0 aromatic carbocycles. The third-order valence-electron chi connectivity index (χ3n) is 6.36. The van der Waals surface area contributed by atoms with Gasteiger partial charge in [0.05, 0.1) is 5.92 Å². The minimum absolute atomic E-state index is 0. The van der Waals surface area contributed by atoms with Gasteiger partial charge in [-0.1, -0.05) is 5.16 Å². The first-order valence-corrected chi connectivity index (χ1v) is 8.35. The topological polar surface area (TPSA) is 51.0 Å². The van der Waals surface area contributed by atoms with Crippen LogP contribution in [0.4, 0.5) is 0 Å². The number of rotatable bonds is 2. The van der Waals surface area contributed by atoms with Crippen molar-refractivity contribution in [3.05, 3.63) is 11.7 Å². The van der Waals surface area contributed by atoms with Crippen LogP contribution in [-0.4, -0.2) is 23.2 Å². The number of hydrogen-bond donors (Lipinski definition) is 1. The molecule has 0 radical (unpaired) electrons. The highest BCUT2D eigenvalue weighted by Crippen LogP contribution is 2.60. The summed E-state index contributed by atoms with van der Waals surface area (Å²) in [5.41, 5.74) is 0.280. The van der Waals surface area contributed by atoms with Crippen LogP contribution in [0, 0.1) is 17.8 Å². The Labute approximate surface area is 131 Å². The maximum absolute atomic E-state index is 5.64. The normalized spacial score (nSPS) is 44.0. The zero-order valence-corrected chi connectivity index (χ0v) is 13.2. The van der Waals surface area contributed by atoms with Gasteiger partial charge < -0.3 is 9.84 Å². The summed E-state index contributed by atoms with van der Waals surface area (Å²) in [5.74, 6) is 5.22. The number of hydrogen-bond acceptors (Lipinski definition) is 4. The quantitative estimate of drug-likeness (QED) is 0.912. The van der Waals surface area contributed by atoms with Crippen molar-refractivity contribution in [2.45, 2.75) is 56.3 Å². The van der Waals surface area contributed by atoms with E-state index in [9.17, 15) is 0 Å². The lowest BCUT2D eigenvalue weighted by molar-refractivity contribution is -0.0103. The van der Waals surface area contributed by atoms with Gasteiger partial charge in [-0.05, 0) is 69.2 Å². The molecule has 4 nitrogen and oxygen atoms in total. The average molecular weight is 310 g/mol. The maximum atomic E-state index is 5.64. The molecule has 5 heteroatoms. The van der Waals surface area contributed by atoms with E-state index in [2.05, 4.69) is 10.5 Å². The SMILES string of the molecule is C1C[C@H](c2nc(C34CC5CC(CC(C5)C3)C4)no2)CN1.Cl. The molecule has 1 N–H and O–H groups in total. The summed E-state index contributed by atoms with van der Waals surface area (Å²) in [6.07, 6.45) is 9.51. The minimum Gasteiger partial charge on any atom is -0.339 e. The first-order valence-electron chi connectivity index (χ1n) is 8.35. The zero-order chi connectivity index (χ0) is 13.2. The van der Waals surface area contributed by atoms with Crippen molar-refractivity contribution in [1.82, 2.24) is 15.5 Å². The number of aromatic nitrogens is 2. The summed E-state index contributed by atoms with van der Waals surface area (Å²) < 4.78 is 5.64. The molecule has 4 bridgehead atoms. The van der Waals surface area contributed by atoms with Crippen LogP contribution >= 0.6 is 12.4 Å². The van der Waals surface area contributed by atoms with Crippen molar-refractivity contribution in [2.24, 2.45) is 17.8 Å². The van der Waals surface area contributed by atoms with Crippen LogP contribution in [0.3, 0.4) is 0 Å². The van der Waals surface area contributed by atoms with E-state index < -0.39 is 0 Å². The predicted molar refractivity (Wildman–Crippen MR) is 81.6 cm³/mol. The molecule has 1 aliphatic heterocycles. The van der Waals surface area contributed by atoms with Gasteiger partial charge >= 0.3 is 0 Å². The van der Waals surface area contributed by atoms with Gasteiger partial charge in [-0.25, -0.2) is 0 Å². The van der Waals surface area contributed by atoms with Gasteiger partial charge in [-0.15, -0.1) is 12.4 Å². The van der Waals surface area contributed by atoms with Crippen LogP contribution in [0.25, 0.3) is 0 Å². The number of halogens is 1. The first kappa shape index (κ1) is 14.0. The molecule has 4 aliphatic carbocycles. The van der Waals surface area contributed by atoms with E-state index in [1.165, 1.54) is 38.5 Å². The van der Waals surface area contributed by atoms with Crippen LogP contribution < -0.4 is 5.32 Å². The molecular weight excluding hydrogens is 286 g/mol. The molecular formula is C16H24ClN3O. The second-order valence-electron chi connectivity index (χ2n) is 7.84. The Balaban J connectivity index is 0.00000115. The Kier molecular flexibility index (Phi) is 3.30. The molecule has 21 heavy (non-hydrogen) atoms. The van der Waals surface area contributed by atoms with Gasteiger partial charge in [0.1, 0.15) is 0 Å². The number of nitrogens with zero attached hydrogens (tertiary/aromatic N) is 2. The van der Waals surface area contributed by atoms with Crippen LogP contribution in [0.5, 0.6) is 0 Å². The zero-order valence-electron chi connectivity index (χ0n) is 12.4. The van der Waals surface area contributed by atoms with Gasteiger partial charge in [0, 0.05) is 12.0 Å². The summed E-state index contributed by atoms with van der Waals surface area (Å²) in [6, 6.07) is 0. The summed E-state index contributed by atoms with van der Waals surface area (Å²) in [6.45, 7) is 2.09. The van der Waals surface area contributed by atoms with Gasteiger partial charge in [0.2, 0.25) is 5.89 Å². The Hall–Kier alpha value is -0.610. The highest BCUT2D eigenvalue weighted by atomic mass is 35.5. The van der Waals surface area contributed by atoms with Gasteiger partial charge in [-0.2, -0.15) is 4.98 Å². The van der Waals surface area contributed by atoms with E-state index in [4.69, 9.17) is 9.51 Å². The fourth-order valence-corrected chi connectivity index (χ4v) is 5.87. The summed E-state index contributed by atoms with van der Waals surface area (Å²) >= 11 is 0. The molecule has 5 aliphatic rings. The van der Waals surface area contributed by atoms with E-state index in [1.54, 1.807) is 0 Å². The smallest absolute Gasteiger partial charge is 0.231 e. The van der Waals surface area contributed by atoms with Crippen LogP contribution in [0.15, 0.2) is 4.52 Å². The second kappa shape index (κ2) is 4.95. The van der Waals surface area contributed by atoms with E-state index in [1.807, 2.05) is 0 Å². The average Bonchev–Trinajstić information content (AvgIpc) is 3.09. The van der Waals surface area contributed by atoms with Crippen molar-refractivity contribution in [1.29, 1.82) is 0 Å². The van der Waals surface area contributed by atoms with Crippen LogP contribution in [-0.2, 0) is 5.41 Å². The molecule has 4 saturated carbocycles. The van der Waals surface area contributed by atoms with Crippen molar-refractivity contribution < 1.29 is 4.52 Å². The molecule has 116 valence electrons. The molecule has 2 heterocycles. The molecule has 5 fully saturated rings. The Morgan fingerprint density at radius 1 is 1.05 bits per heavy atom. The standard InChI is InChI=1S/C16H23N3O.ClH/c1-2-17-9-13(1)14-18-15(19-20-14)16-6-10-3-11(7-16)5-12(4-10)8-16;/h10-13,17H,1-9H2;1H/t10?,11?,12?,13-,16?;/m0./s1. The summed E-state index contributed by atoms with van der Waals surface area (Å²) in [5, 5.41) is 7.82. The summed E-state index contributed by atoms with van der Waals surface area (Å²) in [7, 11) is 0. The lowest BCUT2D eigenvalue weighted by atomic mass is 9.49. The lowest BCUT2D eigenvalue weighted by Gasteiger charge is -2.55. The molecule has 1 atom stereocenters. The molecule has 0 amide bonds. The van der Waals surface area contributed by atoms with Gasteiger partial charge in [0.15, 0.2) is 5.82 Å². The monoisotopic (exact) mass is 309 g/mol. The lowest BCUT2D eigenvalue weighted by Crippen LogP contribution is -2.49. The van der Waals surface area contributed by atoms with E-state index >= 15 is 0 Å². The maximum Gasteiger partial charge on any atom is 0.231 e. The Bertz CT molecular complexity index is 488. The molecule has 1 aromatic heterocycles. The highest BCUT2D eigenvalue weighted by Gasteiger charge is 2.53. The number of nitrogens with one attached hydrogen (secondary N) is 1. The molecule has 0 unspecified atom stereocenters. The second-order valence-corrected chi connectivity index (χ2v) is 7.84. The minimum atomic E-state index is 0. The van der Waals surface area contributed by atoms with Crippen LogP contribution in [0.1, 0.15) is 62.6 Å². The third-order valence-corrected chi connectivity index (χ3v) is 6.36. The fourth-order valence-electron chi connectivity index (χ4n) is 5.87. The van der Waals surface area contributed by atoms with Crippen molar-refractivity contribution in [3.8, 4) is 0 Å². The van der Waals surface area contributed by atoms with Gasteiger partial charge in [-0.3, -0.25) is 0 Å². The molecule has 1 saturated heterocycles. The fraction of sp³-hybridized carbons (Fsp3) is 0.875. The molecule has 6 rings (SSSR count). The largest absolute Gasteiger partial charge is 0.339 e. The van der Waals surface area contributed by atoms with Crippen molar-refractivity contribution >= 4 is 12.4 Å². The molecule has 1 aromatic rings. The predicted octanol–water partition coefficient (Wildman–Crippen LogP) is 3.04. The van der Waals surface area contributed by atoms with Crippen molar-refractivity contribution in [2.75, 3.05) is 13.1 Å². The Morgan fingerprint density at radius 2 is 1.71 bits per heavy atom. The van der Waals surface area contributed by atoms with Crippen molar-refractivity contribution in [3.63, 3.8) is 0 Å². The summed E-state index contributed by atoms with van der Waals surface area (Å²) in [4.78, 5) is 4.86. The van der Waals surface area contributed by atoms with Gasteiger partial charge in [0.25, 0.3) is 0 Å². The Morgan fingerprint density at radius 3 is 2.29 bits per heavy atom. The van der Waals surface area contributed by atoms with E-state index in [0.717, 1.165) is 49.0 Å². The first-order chi connectivity index (χ1) is 9.81. The van der Waals surface area contributed by atoms with E-state index in [-0.39, 0.29) is 17.8 Å².